The van der Waals surface area contributed by atoms with E-state index in [0.717, 1.165) is 24.0 Å². The van der Waals surface area contributed by atoms with Gasteiger partial charge in [0.05, 0.1) is 11.9 Å². The average Bonchev–Trinajstić information content (AvgIpc) is 3.12. The first-order chi connectivity index (χ1) is 10.8. The van der Waals surface area contributed by atoms with E-state index < -0.39 is 0 Å². The minimum atomic E-state index is -0.0107. The van der Waals surface area contributed by atoms with Crippen molar-refractivity contribution in [3.8, 4) is 0 Å². The third-order valence-corrected chi connectivity index (χ3v) is 4.28. The summed E-state index contributed by atoms with van der Waals surface area (Å²) < 4.78 is 2.17. The number of para-hydroxylation sites is 1. The van der Waals surface area contributed by atoms with Crippen molar-refractivity contribution in [2.24, 2.45) is 0 Å². The number of anilines is 1. The van der Waals surface area contributed by atoms with Crippen molar-refractivity contribution in [3.05, 3.63) is 60.0 Å². The number of benzene rings is 1. The summed E-state index contributed by atoms with van der Waals surface area (Å²) in [5, 5.41) is 4.21. The third-order valence-electron chi connectivity index (χ3n) is 4.28. The molecule has 0 saturated carbocycles. The average molecular weight is 291 g/mol. The van der Waals surface area contributed by atoms with Gasteiger partial charge in [0, 0.05) is 22.8 Å². The predicted octanol–water partition coefficient (Wildman–Crippen LogP) is 3.16. The standard InChI is InChI=1S/C18H17N3O/c22-18(20-13-5-4-10-19-11-13)12-21-16-8-2-1-6-14(16)15-7-3-9-17(15)21/h1-2,4-6,8,10-11H,3,7,9,12H2,(H,20,22). The Morgan fingerprint density at radius 2 is 2.09 bits per heavy atom. The fourth-order valence-electron chi connectivity index (χ4n) is 3.39. The Morgan fingerprint density at radius 3 is 2.95 bits per heavy atom. The zero-order valence-electron chi connectivity index (χ0n) is 12.2. The number of nitrogens with zero attached hydrogens (tertiary/aromatic N) is 2. The Morgan fingerprint density at radius 1 is 1.18 bits per heavy atom. The Balaban J connectivity index is 1.66. The Hall–Kier alpha value is -2.62. The number of fused-ring (bicyclic) bond motifs is 3. The van der Waals surface area contributed by atoms with E-state index in [0.29, 0.717) is 6.54 Å². The summed E-state index contributed by atoms with van der Waals surface area (Å²) in [6.45, 7) is 0.352. The molecule has 0 saturated heterocycles. The predicted molar refractivity (Wildman–Crippen MR) is 86.8 cm³/mol. The van der Waals surface area contributed by atoms with Crippen molar-refractivity contribution in [3.63, 3.8) is 0 Å². The third kappa shape index (κ3) is 2.17. The molecule has 1 aliphatic rings. The molecule has 0 spiro atoms. The normalized spacial score (nSPS) is 13.3. The Bertz CT molecular complexity index is 836. The number of nitrogens with one attached hydrogen (secondary N) is 1. The number of aryl methyl sites for hydroxylation is 1. The van der Waals surface area contributed by atoms with Crippen molar-refractivity contribution in [2.75, 3.05) is 5.32 Å². The molecule has 4 heteroatoms. The van der Waals surface area contributed by atoms with E-state index in [9.17, 15) is 4.79 Å². The summed E-state index contributed by atoms with van der Waals surface area (Å²) >= 11 is 0. The van der Waals surface area contributed by atoms with Crippen LogP contribution < -0.4 is 5.32 Å². The van der Waals surface area contributed by atoms with Crippen molar-refractivity contribution < 1.29 is 4.79 Å². The van der Waals surface area contributed by atoms with Crippen molar-refractivity contribution in [1.82, 2.24) is 9.55 Å². The van der Waals surface area contributed by atoms with E-state index >= 15 is 0 Å². The van der Waals surface area contributed by atoms with Gasteiger partial charge in [-0.1, -0.05) is 18.2 Å². The second kappa shape index (κ2) is 5.30. The van der Waals surface area contributed by atoms with Gasteiger partial charge in [0.1, 0.15) is 6.54 Å². The molecule has 1 aliphatic carbocycles. The number of carbonyl (C=O) groups excluding carboxylic acids is 1. The van der Waals surface area contributed by atoms with Gasteiger partial charge in [-0.15, -0.1) is 0 Å². The highest BCUT2D eigenvalue weighted by molar-refractivity contribution is 5.93. The minimum Gasteiger partial charge on any atom is -0.335 e. The molecule has 110 valence electrons. The number of aromatic nitrogens is 2. The van der Waals surface area contributed by atoms with Crippen LogP contribution in [-0.2, 0) is 24.2 Å². The topological polar surface area (TPSA) is 46.9 Å². The van der Waals surface area contributed by atoms with Crippen molar-refractivity contribution in [1.29, 1.82) is 0 Å². The Labute approximate surface area is 128 Å². The second-order valence-electron chi connectivity index (χ2n) is 5.67. The first kappa shape index (κ1) is 13.1. The molecule has 22 heavy (non-hydrogen) atoms. The molecule has 0 atom stereocenters. The van der Waals surface area contributed by atoms with E-state index in [1.165, 1.54) is 23.1 Å². The molecule has 0 unspecified atom stereocenters. The molecule has 2 heterocycles. The van der Waals surface area contributed by atoms with Gasteiger partial charge in [0.15, 0.2) is 0 Å². The minimum absolute atomic E-state index is 0.0107. The van der Waals surface area contributed by atoms with E-state index in [2.05, 4.69) is 33.1 Å². The lowest BCUT2D eigenvalue weighted by Crippen LogP contribution is -2.19. The maximum atomic E-state index is 12.4. The lowest BCUT2D eigenvalue weighted by atomic mass is 10.1. The zero-order chi connectivity index (χ0) is 14.9. The number of hydrogen-bond donors (Lipinski definition) is 1. The maximum Gasteiger partial charge on any atom is 0.244 e. The van der Waals surface area contributed by atoms with Crippen LogP contribution in [0.15, 0.2) is 48.8 Å². The van der Waals surface area contributed by atoms with E-state index in [1.807, 2.05) is 18.2 Å². The fourth-order valence-corrected chi connectivity index (χ4v) is 3.39. The molecular formula is C18H17N3O. The highest BCUT2D eigenvalue weighted by Crippen LogP contribution is 2.32. The fraction of sp³-hybridized carbons (Fsp3) is 0.222. The van der Waals surface area contributed by atoms with Gasteiger partial charge < -0.3 is 9.88 Å². The van der Waals surface area contributed by atoms with E-state index in [-0.39, 0.29) is 5.91 Å². The second-order valence-corrected chi connectivity index (χ2v) is 5.67. The van der Waals surface area contributed by atoms with Gasteiger partial charge in [-0.3, -0.25) is 9.78 Å². The molecule has 1 aromatic carbocycles. The first-order valence-corrected chi connectivity index (χ1v) is 7.62. The monoisotopic (exact) mass is 291 g/mol. The largest absolute Gasteiger partial charge is 0.335 e. The van der Waals surface area contributed by atoms with Crippen LogP contribution in [0.2, 0.25) is 0 Å². The van der Waals surface area contributed by atoms with Crippen LogP contribution in [0.3, 0.4) is 0 Å². The summed E-state index contributed by atoms with van der Waals surface area (Å²) in [7, 11) is 0. The molecule has 3 aromatic rings. The summed E-state index contributed by atoms with van der Waals surface area (Å²) in [5.41, 5.74) is 4.64. The summed E-state index contributed by atoms with van der Waals surface area (Å²) in [5.74, 6) is -0.0107. The molecule has 4 rings (SSSR count). The smallest absolute Gasteiger partial charge is 0.244 e. The number of rotatable bonds is 3. The number of hydrogen-bond acceptors (Lipinski definition) is 2. The van der Waals surface area contributed by atoms with Crippen molar-refractivity contribution >= 4 is 22.5 Å². The van der Waals surface area contributed by atoms with Gasteiger partial charge in [-0.25, -0.2) is 0 Å². The molecular weight excluding hydrogens is 274 g/mol. The van der Waals surface area contributed by atoms with Crippen LogP contribution in [0.5, 0.6) is 0 Å². The molecule has 0 radical (unpaired) electrons. The number of pyridine rings is 1. The number of carbonyl (C=O) groups is 1. The summed E-state index contributed by atoms with van der Waals surface area (Å²) in [6, 6.07) is 12.0. The van der Waals surface area contributed by atoms with Crippen LogP contribution in [0.1, 0.15) is 17.7 Å². The SMILES string of the molecule is O=C(Cn1c2c(c3ccccc31)CCC2)Nc1cccnc1. The van der Waals surface area contributed by atoms with Crippen LogP contribution in [0.4, 0.5) is 5.69 Å². The van der Waals surface area contributed by atoms with Crippen LogP contribution in [0, 0.1) is 0 Å². The van der Waals surface area contributed by atoms with Crippen LogP contribution in [-0.4, -0.2) is 15.5 Å². The highest BCUT2D eigenvalue weighted by Gasteiger charge is 2.22. The molecule has 1 amide bonds. The molecule has 4 nitrogen and oxygen atoms in total. The van der Waals surface area contributed by atoms with Crippen LogP contribution in [0.25, 0.3) is 10.9 Å². The molecule has 0 aliphatic heterocycles. The summed E-state index contributed by atoms with van der Waals surface area (Å²) in [6.07, 6.45) is 6.72. The molecule has 0 fully saturated rings. The van der Waals surface area contributed by atoms with Gasteiger partial charge in [0.2, 0.25) is 5.91 Å². The van der Waals surface area contributed by atoms with Crippen LogP contribution >= 0.6 is 0 Å². The number of amides is 1. The zero-order valence-corrected chi connectivity index (χ0v) is 12.2. The van der Waals surface area contributed by atoms with Gasteiger partial charge in [-0.05, 0) is 43.0 Å². The van der Waals surface area contributed by atoms with E-state index in [4.69, 9.17) is 0 Å². The van der Waals surface area contributed by atoms with E-state index in [1.54, 1.807) is 12.4 Å². The maximum absolute atomic E-state index is 12.4. The molecule has 1 N–H and O–H groups in total. The highest BCUT2D eigenvalue weighted by atomic mass is 16.1. The summed E-state index contributed by atoms with van der Waals surface area (Å²) in [4.78, 5) is 16.4. The van der Waals surface area contributed by atoms with Gasteiger partial charge in [-0.2, -0.15) is 0 Å². The quantitative estimate of drug-likeness (QED) is 0.805. The molecule has 2 aromatic heterocycles. The van der Waals surface area contributed by atoms with Gasteiger partial charge in [0.25, 0.3) is 0 Å². The first-order valence-electron chi connectivity index (χ1n) is 7.62. The Kier molecular flexibility index (Phi) is 3.15. The van der Waals surface area contributed by atoms with Gasteiger partial charge >= 0.3 is 0 Å². The lowest BCUT2D eigenvalue weighted by molar-refractivity contribution is -0.116. The molecule has 0 bridgehead atoms. The lowest BCUT2D eigenvalue weighted by Gasteiger charge is -2.10. The van der Waals surface area contributed by atoms with Crippen molar-refractivity contribution in [2.45, 2.75) is 25.8 Å².